The minimum Gasteiger partial charge on any atom is -0.462 e. The zero-order valence-corrected chi connectivity index (χ0v) is 39.7. The van der Waals surface area contributed by atoms with E-state index >= 15 is 0 Å². The van der Waals surface area contributed by atoms with Gasteiger partial charge < -0.3 is 14.2 Å². The lowest BCUT2D eigenvalue weighted by Gasteiger charge is -2.18. The quantitative estimate of drug-likeness (QED) is 0.0263. The first-order valence-corrected chi connectivity index (χ1v) is 25.1. The molecule has 0 aromatic carbocycles. The van der Waals surface area contributed by atoms with Gasteiger partial charge in [-0.1, -0.05) is 196 Å². The Balaban J connectivity index is 4.54. The lowest BCUT2D eigenvalue weighted by Crippen LogP contribution is -2.30. The van der Waals surface area contributed by atoms with Crippen LogP contribution in [0.3, 0.4) is 0 Å². The Hall–Kier alpha value is -3.41. The van der Waals surface area contributed by atoms with Crippen LogP contribution in [0.5, 0.6) is 0 Å². The molecule has 6 heteroatoms. The van der Waals surface area contributed by atoms with Gasteiger partial charge in [0, 0.05) is 12.8 Å². The number of unbranched alkanes of at least 4 members (excludes halogenated alkanes) is 20. The van der Waals surface area contributed by atoms with Crippen LogP contribution in [0.25, 0.3) is 0 Å². The highest BCUT2D eigenvalue weighted by Gasteiger charge is 2.19. The molecule has 0 aromatic heterocycles. The van der Waals surface area contributed by atoms with Crippen molar-refractivity contribution in [2.45, 2.75) is 232 Å². The van der Waals surface area contributed by atoms with Gasteiger partial charge in [-0.05, 0) is 96.3 Å². The van der Waals surface area contributed by atoms with Crippen LogP contribution in [0.1, 0.15) is 226 Å². The second kappa shape index (κ2) is 49.2. The van der Waals surface area contributed by atoms with Crippen molar-refractivity contribution in [2.24, 2.45) is 0 Å². The topological polar surface area (TPSA) is 78.9 Å². The predicted molar refractivity (Wildman–Crippen MR) is 261 cm³/mol. The largest absolute Gasteiger partial charge is 0.462 e. The van der Waals surface area contributed by atoms with Crippen LogP contribution in [-0.2, 0) is 28.6 Å². The summed E-state index contributed by atoms with van der Waals surface area (Å²) in [4.78, 5) is 37.9. The van der Waals surface area contributed by atoms with Gasteiger partial charge in [0.25, 0.3) is 0 Å². The summed E-state index contributed by atoms with van der Waals surface area (Å²) in [6, 6.07) is 0. The Morgan fingerprint density at radius 2 is 0.705 bits per heavy atom. The highest BCUT2D eigenvalue weighted by Crippen LogP contribution is 2.13. The summed E-state index contributed by atoms with van der Waals surface area (Å²) in [7, 11) is 0. The van der Waals surface area contributed by atoms with Crippen molar-refractivity contribution in [1.82, 2.24) is 0 Å². The zero-order chi connectivity index (χ0) is 44.4. The molecule has 0 aliphatic heterocycles. The SMILES string of the molecule is CC/C=C\C/C=C\C/C=C\C/C=C\C/C=C\CC(=O)OCC(COC(=O)CCCCCCC/C=C\CCCCCCC)OC(=O)CCCCCCC/C=C\CCCCCCC. The molecule has 0 bridgehead atoms. The van der Waals surface area contributed by atoms with Crippen LogP contribution in [0, 0.1) is 0 Å². The van der Waals surface area contributed by atoms with Gasteiger partial charge in [-0.2, -0.15) is 0 Å². The molecule has 0 heterocycles. The lowest BCUT2D eigenvalue weighted by molar-refractivity contribution is -0.166. The van der Waals surface area contributed by atoms with E-state index in [1.807, 2.05) is 6.08 Å². The standard InChI is InChI=1S/C55H92O6/c1-4-7-10-13-16-19-22-25-28-31-33-36-39-42-45-48-54(57)60-51-52(61-55(58)49-46-43-40-37-34-30-27-24-21-18-15-12-9-6-3)50-59-53(56)47-44-41-38-35-32-29-26-23-20-17-14-11-8-5-2/h7,10,16,19,23-28,33,36,42,45,52H,4-6,8-9,11-15,17-18,20-22,29-32,34-35,37-41,43-44,46-51H2,1-3H3/b10-7-,19-16-,26-23-,27-24-,28-25-,36-33-,45-42-. The molecule has 61 heavy (non-hydrogen) atoms. The van der Waals surface area contributed by atoms with E-state index in [2.05, 4.69) is 93.7 Å². The van der Waals surface area contributed by atoms with Crippen molar-refractivity contribution < 1.29 is 28.6 Å². The Morgan fingerprint density at radius 3 is 1.13 bits per heavy atom. The van der Waals surface area contributed by atoms with E-state index in [4.69, 9.17) is 14.2 Å². The van der Waals surface area contributed by atoms with Gasteiger partial charge in [0.05, 0.1) is 6.42 Å². The second-order valence-electron chi connectivity index (χ2n) is 16.4. The third-order valence-corrected chi connectivity index (χ3v) is 10.4. The van der Waals surface area contributed by atoms with E-state index < -0.39 is 12.1 Å². The van der Waals surface area contributed by atoms with E-state index in [9.17, 15) is 14.4 Å². The Morgan fingerprint density at radius 1 is 0.361 bits per heavy atom. The number of hydrogen-bond acceptors (Lipinski definition) is 6. The minimum atomic E-state index is -0.823. The molecule has 0 aliphatic carbocycles. The molecule has 0 fully saturated rings. The number of rotatable bonds is 44. The van der Waals surface area contributed by atoms with Crippen molar-refractivity contribution in [2.75, 3.05) is 13.2 Å². The number of ether oxygens (including phenoxy) is 3. The van der Waals surface area contributed by atoms with E-state index in [1.54, 1.807) is 6.08 Å². The highest BCUT2D eigenvalue weighted by molar-refractivity contribution is 5.72. The average molecular weight is 849 g/mol. The van der Waals surface area contributed by atoms with Gasteiger partial charge in [0.1, 0.15) is 13.2 Å². The summed E-state index contributed by atoms with van der Waals surface area (Å²) < 4.78 is 16.7. The molecule has 6 nitrogen and oxygen atoms in total. The first-order valence-electron chi connectivity index (χ1n) is 25.1. The molecule has 0 rings (SSSR count). The van der Waals surface area contributed by atoms with E-state index in [0.717, 1.165) is 96.3 Å². The maximum Gasteiger partial charge on any atom is 0.309 e. The first kappa shape index (κ1) is 57.6. The summed E-state index contributed by atoms with van der Waals surface area (Å²) >= 11 is 0. The van der Waals surface area contributed by atoms with Gasteiger partial charge in [-0.15, -0.1) is 0 Å². The Kier molecular flexibility index (Phi) is 46.5. The maximum atomic E-state index is 12.8. The molecule has 0 spiro atoms. The molecule has 0 amide bonds. The molecule has 0 N–H and O–H groups in total. The first-order chi connectivity index (χ1) is 30.0. The molecular formula is C55H92O6. The Bertz CT molecular complexity index is 1200. The summed E-state index contributed by atoms with van der Waals surface area (Å²) in [5, 5.41) is 0. The lowest BCUT2D eigenvalue weighted by atomic mass is 10.1. The number of carbonyl (C=O) groups is 3. The van der Waals surface area contributed by atoms with E-state index in [-0.39, 0.29) is 31.6 Å². The smallest absolute Gasteiger partial charge is 0.309 e. The number of allylic oxidation sites excluding steroid dienone is 13. The van der Waals surface area contributed by atoms with Crippen LogP contribution in [0.2, 0.25) is 0 Å². The number of hydrogen-bond donors (Lipinski definition) is 0. The maximum absolute atomic E-state index is 12.8. The summed E-state index contributed by atoms with van der Waals surface area (Å²) in [6.07, 6.45) is 63.0. The fraction of sp³-hybridized carbons (Fsp3) is 0.691. The van der Waals surface area contributed by atoms with Crippen LogP contribution in [-0.4, -0.2) is 37.2 Å². The van der Waals surface area contributed by atoms with Gasteiger partial charge in [-0.25, -0.2) is 0 Å². The van der Waals surface area contributed by atoms with Crippen LogP contribution < -0.4 is 0 Å². The monoisotopic (exact) mass is 849 g/mol. The molecular weight excluding hydrogens is 757 g/mol. The fourth-order valence-electron chi connectivity index (χ4n) is 6.62. The van der Waals surface area contributed by atoms with Crippen LogP contribution >= 0.6 is 0 Å². The predicted octanol–water partition coefficient (Wildman–Crippen LogP) is 16.4. The molecule has 0 aliphatic rings. The normalized spacial score (nSPS) is 12.8. The molecule has 348 valence electrons. The summed E-state index contributed by atoms with van der Waals surface area (Å²) in [5.74, 6) is -1.07. The van der Waals surface area contributed by atoms with Gasteiger partial charge in [-0.3, -0.25) is 14.4 Å². The average Bonchev–Trinajstić information content (AvgIpc) is 3.26. The second-order valence-corrected chi connectivity index (χ2v) is 16.4. The third-order valence-electron chi connectivity index (χ3n) is 10.4. The number of carbonyl (C=O) groups excluding carboxylic acids is 3. The third kappa shape index (κ3) is 47.5. The summed E-state index contributed by atoms with van der Waals surface area (Å²) in [6.45, 7) is 6.39. The highest BCUT2D eigenvalue weighted by atomic mass is 16.6. The molecule has 0 saturated carbocycles. The van der Waals surface area contributed by atoms with Gasteiger partial charge in [0.2, 0.25) is 0 Å². The summed E-state index contributed by atoms with van der Waals surface area (Å²) in [5.41, 5.74) is 0. The molecule has 1 atom stereocenters. The van der Waals surface area contributed by atoms with Crippen molar-refractivity contribution >= 4 is 17.9 Å². The minimum absolute atomic E-state index is 0.114. The zero-order valence-electron chi connectivity index (χ0n) is 39.7. The Labute approximate surface area is 375 Å². The molecule has 0 saturated heterocycles. The fourth-order valence-corrected chi connectivity index (χ4v) is 6.62. The van der Waals surface area contributed by atoms with Crippen molar-refractivity contribution in [3.8, 4) is 0 Å². The van der Waals surface area contributed by atoms with Crippen molar-refractivity contribution in [3.05, 3.63) is 85.1 Å². The molecule has 1 unspecified atom stereocenters. The van der Waals surface area contributed by atoms with E-state index in [0.29, 0.717) is 12.8 Å². The van der Waals surface area contributed by atoms with Gasteiger partial charge >= 0.3 is 17.9 Å². The van der Waals surface area contributed by atoms with Crippen LogP contribution in [0.4, 0.5) is 0 Å². The van der Waals surface area contributed by atoms with Crippen molar-refractivity contribution in [3.63, 3.8) is 0 Å². The number of esters is 3. The molecule has 0 aromatic rings. The van der Waals surface area contributed by atoms with Crippen LogP contribution in [0.15, 0.2) is 85.1 Å². The van der Waals surface area contributed by atoms with Gasteiger partial charge in [0.15, 0.2) is 6.10 Å². The molecule has 0 radical (unpaired) electrons. The van der Waals surface area contributed by atoms with E-state index in [1.165, 1.54) is 89.9 Å². The van der Waals surface area contributed by atoms with Crippen molar-refractivity contribution in [1.29, 1.82) is 0 Å².